The number of hydrogen-bond acceptors (Lipinski definition) is 4. The number of ether oxygens (including phenoxy) is 1. The lowest BCUT2D eigenvalue weighted by Gasteiger charge is -2.10. The van der Waals surface area contributed by atoms with Gasteiger partial charge in [0.1, 0.15) is 12.4 Å². The molecule has 0 heterocycles. The summed E-state index contributed by atoms with van der Waals surface area (Å²) in [6.45, 7) is 1.39. The van der Waals surface area contributed by atoms with Gasteiger partial charge in [0.25, 0.3) is 5.69 Å². The van der Waals surface area contributed by atoms with Crippen LogP contribution < -0.4 is 4.74 Å². The number of Topliss-reactive ketones (excluding diaryl/α,β-unsaturated/α-hetero) is 1. The Balaban J connectivity index is 2.27. The van der Waals surface area contributed by atoms with Crippen molar-refractivity contribution in [1.29, 1.82) is 0 Å². The fourth-order valence-corrected chi connectivity index (χ4v) is 2.08. The number of nitro groups is 1. The largest absolute Gasteiger partial charge is 0.488 e. The van der Waals surface area contributed by atoms with E-state index in [4.69, 9.17) is 16.3 Å². The number of benzene rings is 2. The Kier molecular flexibility index (Phi) is 4.55. The molecule has 0 aliphatic carbocycles. The van der Waals surface area contributed by atoms with Crippen molar-refractivity contribution in [3.05, 3.63) is 68.7 Å². The zero-order chi connectivity index (χ0) is 15.4. The number of carbonyl (C=O) groups excluding carboxylic acids is 1. The molecule has 2 aromatic rings. The first-order chi connectivity index (χ1) is 9.99. The van der Waals surface area contributed by atoms with Gasteiger partial charge in [-0.25, -0.2) is 0 Å². The molecule has 5 nitrogen and oxygen atoms in total. The van der Waals surface area contributed by atoms with Crippen LogP contribution in [0.2, 0.25) is 5.02 Å². The van der Waals surface area contributed by atoms with Gasteiger partial charge >= 0.3 is 0 Å². The Hall–Kier alpha value is -2.40. The predicted octanol–water partition coefficient (Wildman–Crippen LogP) is 4.03. The van der Waals surface area contributed by atoms with Crippen LogP contribution in [0.25, 0.3) is 0 Å². The first kappa shape index (κ1) is 15.0. The summed E-state index contributed by atoms with van der Waals surface area (Å²) in [5, 5.41) is 11.4. The van der Waals surface area contributed by atoms with Gasteiger partial charge in [0, 0.05) is 11.1 Å². The molecule has 0 aromatic heterocycles. The van der Waals surface area contributed by atoms with Crippen LogP contribution in [0.4, 0.5) is 5.69 Å². The van der Waals surface area contributed by atoms with Crippen molar-refractivity contribution in [1.82, 2.24) is 0 Å². The lowest BCUT2D eigenvalue weighted by molar-refractivity contribution is -0.385. The van der Waals surface area contributed by atoms with Gasteiger partial charge in [0.2, 0.25) is 0 Å². The van der Waals surface area contributed by atoms with Gasteiger partial charge in [-0.1, -0.05) is 23.7 Å². The first-order valence-electron chi connectivity index (χ1n) is 6.14. The number of para-hydroxylation sites is 1. The summed E-state index contributed by atoms with van der Waals surface area (Å²) in [6, 6.07) is 11.0. The van der Waals surface area contributed by atoms with Crippen molar-refractivity contribution >= 4 is 23.1 Å². The number of hydrogen-bond donors (Lipinski definition) is 0. The van der Waals surface area contributed by atoms with Gasteiger partial charge in [-0.3, -0.25) is 14.9 Å². The molecular formula is C15H12ClNO4. The van der Waals surface area contributed by atoms with E-state index in [0.717, 1.165) is 0 Å². The number of rotatable bonds is 5. The van der Waals surface area contributed by atoms with E-state index in [1.54, 1.807) is 24.3 Å². The molecule has 21 heavy (non-hydrogen) atoms. The van der Waals surface area contributed by atoms with Gasteiger partial charge < -0.3 is 4.74 Å². The highest BCUT2D eigenvalue weighted by molar-refractivity contribution is 6.30. The molecule has 6 heteroatoms. The van der Waals surface area contributed by atoms with Crippen LogP contribution in [0.3, 0.4) is 0 Å². The van der Waals surface area contributed by atoms with Crippen LogP contribution in [0.1, 0.15) is 22.8 Å². The summed E-state index contributed by atoms with van der Waals surface area (Å²) in [7, 11) is 0. The molecule has 2 rings (SSSR count). The van der Waals surface area contributed by atoms with E-state index in [2.05, 4.69) is 0 Å². The third-order valence-electron chi connectivity index (χ3n) is 2.89. The molecule has 0 saturated carbocycles. The summed E-state index contributed by atoms with van der Waals surface area (Å²) in [4.78, 5) is 22.0. The molecule has 0 aliphatic heterocycles. The Morgan fingerprint density at radius 3 is 2.67 bits per heavy atom. The average Bonchev–Trinajstić information content (AvgIpc) is 2.45. The summed E-state index contributed by atoms with van der Waals surface area (Å²) >= 11 is 5.85. The van der Waals surface area contributed by atoms with Crippen molar-refractivity contribution in [3.63, 3.8) is 0 Å². The maximum absolute atomic E-state index is 11.5. The van der Waals surface area contributed by atoms with Crippen molar-refractivity contribution in [2.24, 2.45) is 0 Å². The van der Waals surface area contributed by atoms with Crippen molar-refractivity contribution in [2.75, 3.05) is 0 Å². The second kappa shape index (κ2) is 6.37. The van der Waals surface area contributed by atoms with E-state index >= 15 is 0 Å². The fourth-order valence-electron chi connectivity index (χ4n) is 1.89. The summed E-state index contributed by atoms with van der Waals surface area (Å²) in [5.41, 5.74) is 0.716. The van der Waals surface area contributed by atoms with E-state index in [-0.39, 0.29) is 18.1 Å². The number of nitrogens with zero attached hydrogens (tertiary/aromatic N) is 1. The molecule has 0 N–H and O–H groups in total. The molecule has 0 atom stereocenters. The molecule has 108 valence electrons. The van der Waals surface area contributed by atoms with Crippen LogP contribution >= 0.6 is 11.6 Å². The molecule has 0 spiro atoms. The third kappa shape index (κ3) is 3.58. The van der Waals surface area contributed by atoms with Crippen LogP contribution in [-0.2, 0) is 6.61 Å². The molecule has 0 radical (unpaired) electrons. The van der Waals surface area contributed by atoms with Crippen molar-refractivity contribution < 1.29 is 14.5 Å². The highest BCUT2D eigenvalue weighted by atomic mass is 35.5. The van der Waals surface area contributed by atoms with Crippen molar-refractivity contribution in [3.8, 4) is 5.75 Å². The van der Waals surface area contributed by atoms with Crippen LogP contribution in [-0.4, -0.2) is 10.7 Å². The van der Waals surface area contributed by atoms with E-state index < -0.39 is 4.92 Å². The lowest BCUT2D eigenvalue weighted by Crippen LogP contribution is -2.03. The first-order valence-corrected chi connectivity index (χ1v) is 6.52. The van der Waals surface area contributed by atoms with Crippen LogP contribution in [0.15, 0.2) is 42.5 Å². The minimum Gasteiger partial charge on any atom is -0.488 e. The number of nitro benzene ring substituents is 1. The van der Waals surface area contributed by atoms with Crippen molar-refractivity contribution in [2.45, 2.75) is 13.5 Å². The fraction of sp³-hybridized carbons (Fsp3) is 0.133. The smallest absolute Gasteiger partial charge is 0.276 e. The van der Waals surface area contributed by atoms with E-state index in [1.165, 1.54) is 25.1 Å². The van der Waals surface area contributed by atoms with Crippen LogP contribution in [0.5, 0.6) is 5.75 Å². The topological polar surface area (TPSA) is 69.4 Å². The van der Waals surface area contributed by atoms with E-state index in [1.807, 2.05) is 0 Å². The van der Waals surface area contributed by atoms with Gasteiger partial charge in [-0.15, -0.1) is 0 Å². The number of carbonyl (C=O) groups is 1. The molecular weight excluding hydrogens is 294 g/mol. The van der Waals surface area contributed by atoms with E-state index in [9.17, 15) is 14.9 Å². The second-order valence-electron chi connectivity index (χ2n) is 4.37. The highest BCUT2D eigenvalue weighted by Crippen LogP contribution is 2.25. The SMILES string of the molecule is CC(=O)c1ccccc1OCc1cc(Cl)ccc1[N+](=O)[O-]. The molecule has 0 amide bonds. The zero-order valence-electron chi connectivity index (χ0n) is 11.2. The lowest BCUT2D eigenvalue weighted by atomic mass is 10.1. The quantitative estimate of drug-likeness (QED) is 0.475. The van der Waals surface area contributed by atoms with Gasteiger partial charge in [-0.2, -0.15) is 0 Å². The monoisotopic (exact) mass is 305 g/mol. The minimum atomic E-state index is -0.494. The summed E-state index contributed by atoms with van der Waals surface area (Å²) < 4.78 is 5.55. The van der Waals surface area contributed by atoms with Gasteiger partial charge in [-0.05, 0) is 31.2 Å². The van der Waals surface area contributed by atoms with E-state index in [0.29, 0.717) is 21.9 Å². The third-order valence-corrected chi connectivity index (χ3v) is 3.12. The molecule has 0 saturated heterocycles. The average molecular weight is 306 g/mol. The van der Waals surface area contributed by atoms with Gasteiger partial charge in [0.05, 0.1) is 16.1 Å². The maximum Gasteiger partial charge on any atom is 0.276 e. The number of halogens is 1. The standard InChI is InChI=1S/C15H12ClNO4/c1-10(18)13-4-2-3-5-15(13)21-9-11-8-12(16)6-7-14(11)17(19)20/h2-8H,9H2,1H3. The normalized spacial score (nSPS) is 10.2. The molecule has 0 aliphatic rings. The number of ketones is 1. The molecule has 0 fully saturated rings. The summed E-state index contributed by atoms with van der Waals surface area (Å²) in [5.74, 6) is 0.255. The molecule has 0 unspecified atom stereocenters. The van der Waals surface area contributed by atoms with Crippen LogP contribution in [0, 0.1) is 10.1 Å². The Morgan fingerprint density at radius 1 is 1.29 bits per heavy atom. The molecule has 2 aromatic carbocycles. The Bertz CT molecular complexity index is 700. The van der Waals surface area contributed by atoms with Gasteiger partial charge in [0.15, 0.2) is 5.78 Å². The molecule has 0 bridgehead atoms. The Labute approximate surface area is 126 Å². The summed E-state index contributed by atoms with van der Waals surface area (Å²) in [6.07, 6.45) is 0. The second-order valence-corrected chi connectivity index (χ2v) is 4.81. The maximum atomic E-state index is 11.5. The zero-order valence-corrected chi connectivity index (χ0v) is 12.0. The highest BCUT2D eigenvalue weighted by Gasteiger charge is 2.15. The minimum absolute atomic E-state index is 0.0405. The Morgan fingerprint density at radius 2 is 2.00 bits per heavy atom. The predicted molar refractivity (Wildman–Crippen MR) is 78.9 cm³/mol.